The van der Waals surface area contributed by atoms with Crippen LogP contribution < -0.4 is 4.74 Å². The Labute approximate surface area is 222 Å². The van der Waals surface area contributed by atoms with Crippen molar-refractivity contribution in [3.05, 3.63) is 34.4 Å². The number of rotatable bonds is 20. The number of non-ortho nitro benzene ring substituents is 1. The van der Waals surface area contributed by atoms with Crippen LogP contribution in [0, 0.1) is 10.1 Å². The second-order valence-electron chi connectivity index (χ2n) is 10.6. The highest BCUT2D eigenvalue weighted by Crippen LogP contribution is 2.18. The topological polar surface area (TPSA) is 105 Å². The number of nitro groups is 1. The molecule has 0 aliphatic heterocycles. The number of carbonyl (C=O) groups excluding carboxylic acids is 2. The number of nitrogens with zero attached hydrogens (tertiary/aromatic N) is 1. The monoisotopic (exact) mass is 521 g/mol. The van der Waals surface area contributed by atoms with Gasteiger partial charge in [0.25, 0.3) is 5.69 Å². The largest absolute Gasteiger partial charge is 0.513 e. The standard InChI is InChI=1S/C29H47NO7/c1-29(2,3)37-27(31)19-17-15-13-11-9-7-5-4-6-8-10-12-14-16-18-24-35-28(32)36-26-22-20-25(21-23-26)30(33)34/h20-23H,4-19,24H2,1-3H3. The van der Waals surface area contributed by atoms with Gasteiger partial charge in [-0.15, -0.1) is 0 Å². The van der Waals surface area contributed by atoms with Gasteiger partial charge in [-0.3, -0.25) is 14.9 Å². The van der Waals surface area contributed by atoms with Crippen molar-refractivity contribution in [2.24, 2.45) is 0 Å². The van der Waals surface area contributed by atoms with Crippen LogP contribution in [0.1, 0.15) is 124 Å². The molecule has 1 aromatic carbocycles. The van der Waals surface area contributed by atoms with Crippen molar-refractivity contribution < 1.29 is 28.7 Å². The minimum absolute atomic E-state index is 0.0581. The minimum atomic E-state index is -0.785. The molecule has 0 aliphatic rings. The molecule has 0 atom stereocenters. The highest BCUT2D eigenvalue weighted by molar-refractivity contribution is 5.69. The lowest BCUT2D eigenvalue weighted by Gasteiger charge is -2.19. The molecule has 8 heteroatoms. The zero-order valence-corrected chi connectivity index (χ0v) is 23.1. The van der Waals surface area contributed by atoms with E-state index in [0.717, 1.165) is 32.1 Å². The smallest absolute Gasteiger partial charge is 0.460 e. The van der Waals surface area contributed by atoms with Crippen LogP contribution in [0.5, 0.6) is 5.75 Å². The summed E-state index contributed by atoms with van der Waals surface area (Å²) in [6.07, 6.45) is 17.4. The quantitative estimate of drug-likeness (QED) is 0.0555. The summed E-state index contributed by atoms with van der Waals surface area (Å²) in [5.74, 6) is 0.143. The van der Waals surface area contributed by atoms with Gasteiger partial charge in [-0.1, -0.05) is 83.5 Å². The van der Waals surface area contributed by atoms with Crippen molar-refractivity contribution in [2.75, 3.05) is 6.61 Å². The SMILES string of the molecule is CC(C)(C)OC(=O)CCCCCCCCCCCCCCCCCOC(=O)Oc1ccc([N+](=O)[O-])cc1. The third-order valence-electron chi connectivity index (χ3n) is 5.91. The number of esters is 1. The van der Waals surface area contributed by atoms with Crippen LogP contribution in [-0.4, -0.2) is 29.3 Å². The third kappa shape index (κ3) is 19.2. The van der Waals surface area contributed by atoms with E-state index in [4.69, 9.17) is 14.2 Å². The number of nitro benzene ring substituents is 1. The summed E-state index contributed by atoms with van der Waals surface area (Å²) < 4.78 is 15.4. The molecule has 0 aromatic heterocycles. The Kier molecular flexibility index (Phi) is 17.0. The van der Waals surface area contributed by atoms with Crippen molar-refractivity contribution in [1.82, 2.24) is 0 Å². The lowest BCUT2D eigenvalue weighted by Crippen LogP contribution is -2.23. The van der Waals surface area contributed by atoms with Crippen molar-refractivity contribution >= 4 is 17.8 Å². The molecule has 0 N–H and O–H groups in total. The van der Waals surface area contributed by atoms with Crippen molar-refractivity contribution in [1.29, 1.82) is 0 Å². The van der Waals surface area contributed by atoms with Crippen molar-refractivity contribution in [3.8, 4) is 5.75 Å². The molecule has 0 spiro atoms. The number of carbonyl (C=O) groups is 2. The maximum Gasteiger partial charge on any atom is 0.513 e. The van der Waals surface area contributed by atoms with E-state index >= 15 is 0 Å². The summed E-state index contributed by atoms with van der Waals surface area (Å²) in [6.45, 7) is 6.03. The van der Waals surface area contributed by atoms with Gasteiger partial charge in [-0.25, -0.2) is 4.79 Å². The zero-order valence-electron chi connectivity index (χ0n) is 23.1. The Morgan fingerprint density at radius 3 is 1.59 bits per heavy atom. The fourth-order valence-electron chi connectivity index (χ4n) is 3.98. The average Bonchev–Trinajstić information content (AvgIpc) is 2.82. The van der Waals surface area contributed by atoms with Gasteiger partial charge in [0.1, 0.15) is 11.4 Å². The average molecular weight is 522 g/mol. The lowest BCUT2D eigenvalue weighted by atomic mass is 10.0. The normalized spacial score (nSPS) is 11.2. The van der Waals surface area contributed by atoms with E-state index in [1.165, 1.54) is 88.5 Å². The van der Waals surface area contributed by atoms with Crippen LogP contribution in [0.2, 0.25) is 0 Å². The summed E-state index contributed by atoms with van der Waals surface area (Å²) in [4.78, 5) is 33.4. The fourth-order valence-corrected chi connectivity index (χ4v) is 3.98. The molecule has 0 aliphatic carbocycles. The molecule has 1 aromatic rings. The molecule has 0 amide bonds. The molecule has 0 fully saturated rings. The predicted molar refractivity (Wildman–Crippen MR) is 145 cm³/mol. The highest BCUT2D eigenvalue weighted by atomic mass is 16.7. The first-order valence-electron chi connectivity index (χ1n) is 14.0. The molecule has 0 bridgehead atoms. The zero-order chi connectivity index (χ0) is 27.4. The third-order valence-corrected chi connectivity index (χ3v) is 5.91. The van der Waals surface area contributed by atoms with Crippen LogP contribution >= 0.6 is 0 Å². The summed E-state index contributed by atoms with van der Waals surface area (Å²) in [6, 6.07) is 5.31. The van der Waals surface area contributed by atoms with Gasteiger partial charge in [-0.05, 0) is 45.7 Å². The summed E-state index contributed by atoms with van der Waals surface area (Å²) in [7, 11) is 0. The molecule has 0 heterocycles. The molecule has 1 rings (SSSR count). The molecule has 0 unspecified atom stereocenters. The van der Waals surface area contributed by atoms with E-state index in [-0.39, 0.29) is 23.0 Å². The van der Waals surface area contributed by atoms with Crippen LogP contribution in [0.25, 0.3) is 0 Å². The first kappa shape index (κ1) is 32.4. The van der Waals surface area contributed by atoms with Gasteiger partial charge in [0.2, 0.25) is 0 Å². The Hall–Kier alpha value is -2.64. The van der Waals surface area contributed by atoms with Gasteiger partial charge in [0, 0.05) is 18.6 Å². The molecule has 0 saturated heterocycles. The molecule has 0 radical (unpaired) electrons. The number of ether oxygens (including phenoxy) is 3. The Morgan fingerprint density at radius 2 is 1.16 bits per heavy atom. The van der Waals surface area contributed by atoms with Crippen LogP contribution in [-0.2, 0) is 14.3 Å². The molecule has 210 valence electrons. The van der Waals surface area contributed by atoms with E-state index in [2.05, 4.69) is 0 Å². The first-order valence-corrected chi connectivity index (χ1v) is 14.0. The second kappa shape index (κ2) is 19.5. The minimum Gasteiger partial charge on any atom is -0.460 e. The van der Waals surface area contributed by atoms with Crippen molar-refractivity contribution in [2.45, 2.75) is 129 Å². The van der Waals surface area contributed by atoms with E-state index in [9.17, 15) is 19.7 Å². The summed E-state index contributed by atoms with van der Waals surface area (Å²) in [5, 5.41) is 10.6. The van der Waals surface area contributed by atoms with Crippen molar-refractivity contribution in [3.63, 3.8) is 0 Å². The van der Waals surface area contributed by atoms with Crippen LogP contribution in [0.15, 0.2) is 24.3 Å². The van der Waals surface area contributed by atoms with E-state index in [1.54, 1.807) is 0 Å². The second-order valence-corrected chi connectivity index (χ2v) is 10.6. The Bertz CT molecular complexity index is 771. The lowest BCUT2D eigenvalue weighted by molar-refractivity contribution is -0.384. The molecule has 8 nitrogen and oxygen atoms in total. The van der Waals surface area contributed by atoms with Gasteiger partial charge in [-0.2, -0.15) is 0 Å². The van der Waals surface area contributed by atoms with Gasteiger partial charge >= 0.3 is 12.1 Å². The fraction of sp³-hybridized carbons (Fsp3) is 0.724. The van der Waals surface area contributed by atoms with E-state index in [1.807, 2.05) is 20.8 Å². The Balaban J connectivity index is 1.81. The first-order chi connectivity index (χ1) is 17.7. The maximum absolute atomic E-state index is 11.7. The van der Waals surface area contributed by atoms with Gasteiger partial charge in [0.15, 0.2) is 0 Å². The van der Waals surface area contributed by atoms with E-state index in [0.29, 0.717) is 13.0 Å². The molecule has 37 heavy (non-hydrogen) atoms. The van der Waals surface area contributed by atoms with Crippen LogP contribution in [0.4, 0.5) is 10.5 Å². The number of hydrogen-bond donors (Lipinski definition) is 0. The number of hydrogen-bond acceptors (Lipinski definition) is 7. The maximum atomic E-state index is 11.7. The van der Waals surface area contributed by atoms with E-state index < -0.39 is 11.1 Å². The highest BCUT2D eigenvalue weighted by Gasteiger charge is 2.15. The predicted octanol–water partition coefficient (Wildman–Crippen LogP) is 8.69. The van der Waals surface area contributed by atoms with Crippen LogP contribution in [0.3, 0.4) is 0 Å². The number of benzene rings is 1. The molecular weight excluding hydrogens is 474 g/mol. The van der Waals surface area contributed by atoms with Gasteiger partial charge < -0.3 is 14.2 Å². The number of unbranched alkanes of at least 4 members (excludes halogenated alkanes) is 14. The summed E-state index contributed by atoms with van der Waals surface area (Å²) in [5.41, 5.74) is -0.439. The molecule has 0 saturated carbocycles. The molecular formula is C29H47NO7. The Morgan fingerprint density at radius 1 is 0.730 bits per heavy atom. The van der Waals surface area contributed by atoms with Gasteiger partial charge in [0.05, 0.1) is 11.5 Å². The summed E-state index contributed by atoms with van der Waals surface area (Å²) >= 11 is 0.